The minimum atomic E-state index is 0.714. The highest BCUT2D eigenvalue weighted by atomic mass is 16.5. The van der Waals surface area contributed by atoms with Crippen LogP contribution in [0.1, 0.15) is 0 Å². The number of hydrogen-bond acceptors (Lipinski definition) is 6. The number of fused-ring (bicyclic) bond motifs is 2. The Hall–Kier alpha value is -3.19. The molecule has 1 fully saturated rings. The van der Waals surface area contributed by atoms with E-state index < -0.39 is 0 Å². The van der Waals surface area contributed by atoms with Gasteiger partial charge in [0.25, 0.3) is 0 Å². The van der Waals surface area contributed by atoms with E-state index in [-0.39, 0.29) is 0 Å². The van der Waals surface area contributed by atoms with E-state index in [9.17, 15) is 0 Å². The van der Waals surface area contributed by atoms with Gasteiger partial charge in [-0.15, -0.1) is 10.2 Å². The SMILES string of the molecule is COc1ccn2c(-c3ccc4cccc(N5CCOCC5)c4n3)nnc2c1. The van der Waals surface area contributed by atoms with E-state index >= 15 is 0 Å². The Labute approximate surface area is 156 Å². The van der Waals surface area contributed by atoms with E-state index in [0.29, 0.717) is 5.82 Å². The van der Waals surface area contributed by atoms with Crippen LogP contribution in [0, 0.1) is 0 Å². The second-order valence-corrected chi connectivity index (χ2v) is 6.46. The first kappa shape index (κ1) is 16.0. The largest absolute Gasteiger partial charge is 0.497 e. The van der Waals surface area contributed by atoms with Gasteiger partial charge < -0.3 is 14.4 Å². The molecule has 136 valence electrons. The van der Waals surface area contributed by atoms with Crippen LogP contribution >= 0.6 is 0 Å². The first-order valence-electron chi connectivity index (χ1n) is 8.95. The molecule has 4 aromatic rings. The maximum Gasteiger partial charge on any atom is 0.187 e. The summed E-state index contributed by atoms with van der Waals surface area (Å²) in [4.78, 5) is 7.28. The number of pyridine rings is 2. The van der Waals surface area contributed by atoms with Crippen LogP contribution in [0.15, 0.2) is 48.7 Å². The summed E-state index contributed by atoms with van der Waals surface area (Å²) < 4.78 is 12.7. The smallest absolute Gasteiger partial charge is 0.187 e. The zero-order chi connectivity index (χ0) is 18.2. The molecule has 0 spiro atoms. The molecule has 1 aliphatic heterocycles. The van der Waals surface area contributed by atoms with Crippen molar-refractivity contribution in [3.05, 3.63) is 48.7 Å². The quantitative estimate of drug-likeness (QED) is 0.559. The summed E-state index contributed by atoms with van der Waals surface area (Å²) >= 11 is 0. The number of rotatable bonds is 3. The molecule has 5 rings (SSSR count). The van der Waals surface area contributed by atoms with Crippen LogP contribution in [0.3, 0.4) is 0 Å². The van der Waals surface area contributed by atoms with Crippen LogP contribution in [0.4, 0.5) is 5.69 Å². The van der Waals surface area contributed by atoms with Gasteiger partial charge in [-0.1, -0.05) is 18.2 Å². The van der Waals surface area contributed by atoms with Crippen LogP contribution in [0.25, 0.3) is 28.1 Å². The Kier molecular flexibility index (Phi) is 3.86. The average Bonchev–Trinajstić information content (AvgIpc) is 3.16. The fourth-order valence-corrected chi connectivity index (χ4v) is 3.49. The molecule has 4 heterocycles. The van der Waals surface area contributed by atoms with Crippen LogP contribution in [0.5, 0.6) is 5.75 Å². The highest BCUT2D eigenvalue weighted by Gasteiger charge is 2.16. The third kappa shape index (κ3) is 2.76. The van der Waals surface area contributed by atoms with Crippen molar-refractivity contribution in [2.45, 2.75) is 0 Å². The number of aromatic nitrogens is 4. The predicted octanol–water partition coefficient (Wildman–Crippen LogP) is 2.79. The molecule has 0 radical (unpaired) electrons. The molecule has 0 aliphatic carbocycles. The number of methoxy groups -OCH3 is 1. The second-order valence-electron chi connectivity index (χ2n) is 6.46. The summed E-state index contributed by atoms with van der Waals surface area (Å²) in [7, 11) is 1.64. The van der Waals surface area contributed by atoms with Crippen LogP contribution in [0.2, 0.25) is 0 Å². The Balaban J connectivity index is 1.64. The number of morpholine rings is 1. The lowest BCUT2D eigenvalue weighted by Crippen LogP contribution is -2.36. The zero-order valence-corrected chi connectivity index (χ0v) is 15.0. The van der Waals surface area contributed by atoms with Crippen molar-refractivity contribution in [1.29, 1.82) is 0 Å². The lowest BCUT2D eigenvalue weighted by molar-refractivity contribution is 0.123. The van der Waals surface area contributed by atoms with Crippen LogP contribution < -0.4 is 9.64 Å². The van der Waals surface area contributed by atoms with Gasteiger partial charge in [-0.25, -0.2) is 4.98 Å². The van der Waals surface area contributed by atoms with Gasteiger partial charge in [0.2, 0.25) is 0 Å². The van der Waals surface area contributed by atoms with E-state index in [4.69, 9.17) is 14.5 Å². The maximum absolute atomic E-state index is 5.49. The summed E-state index contributed by atoms with van der Waals surface area (Å²) in [6.45, 7) is 3.23. The molecule has 0 atom stereocenters. The van der Waals surface area contributed by atoms with E-state index in [1.807, 2.05) is 28.8 Å². The Morgan fingerprint density at radius 3 is 2.78 bits per heavy atom. The Morgan fingerprint density at radius 1 is 1.04 bits per heavy atom. The van der Waals surface area contributed by atoms with E-state index in [2.05, 4.69) is 39.4 Å². The van der Waals surface area contributed by atoms with Crippen molar-refractivity contribution in [3.63, 3.8) is 0 Å². The van der Waals surface area contributed by atoms with E-state index in [1.54, 1.807) is 7.11 Å². The molecule has 0 unspecified atom stereocenters. The number of nitrogens with zero attached hydrogens (tertiary/aromatic N) is 5. The molecule has 0 bridgehead atoms. The van der Waals surface area contributed by atoms with Gasteiger partial charge in [-0.05, 0) is 18.2 Å². The third-order valence-electron chi connectivity index (χ3n) is 4.90. The summed E-state index contributed by atoms with van der Waals surface area (Å²) in [6.07, 6.45) is 1.91. The van der Waals surface area contributed by atoms with Gasteiger partial charge in [0.1, 0.15) is 11.4 Å². The van der Waals surface area contributed by atoms with Gasteiger partial charge >= 0.3 is 0 Å². The fourth-order valence-electron chi connectivity index (χ4n) is 3.49. The highest BCUT2D eigenvalue weighted by molar-refractivity contribution is 5.92. The molecule has 0 N–H and O–H groups in total. The molecule has 7 nitrogen and oxygen atoms in total. The predicted molar refractivity (Wildman–Crippen MR) is 103 cm³/mol. The average molecular weight is 361 g/mol. The van der Waals surface area contributed by atoms with E-state index in [1.165, 1.54) is 0 Å². The molecule has 1 aromatic carbocycles. The highest BCUT2D eigenvalue weighted by Crippen LogP contribution is 2.29. The molecule has 0 saturated carbocycles. The Morgan fingerprint density at radius 2 is 1.93 bits per heavy atom. The summed E-state index contributed by atoms with van der Waals surface area (Å²) in [5.74, 6) is 1.47. The first-order chi connectivity index (χ1) is 13.3. The lowest BCUT2D eigenvalue weighted by atomic mass is 10.1. The third-order valence-corrected chi connectivity index (χ3v) is 4.90. The molecule has 27 heavy (non-hydrogen) atoms. The zero-order valence-electron chi connectivity index (χ0n) is 15.0. The van der Waals surface area contributed by atoms with Crippen molar-refractivity contribution >= 4 is 22.2 Å². The molecule has 3 aromatic heterocycles. The number of ether oxygens (including phenoxy) is 2. The monoisotopic (exact) mass is 361 g/mol. The summed E-state index contributed by atoms with van der Waals surface area (Å²) in [6, 6.07) is 14.1. The summed E-state index contributed by atoms with van der Waals surface area (Å²) in [5, 5.41) is 9.72. The minimum Gasteiger partial charge on any atom is -0.497 e. The van der Waals surface area contributed by atoms with Crippen LogP contribution in [-0.4, -0.2) is 53.0 Å². The fraction of sp³-hybridized carbons (Fsp3) is 0.250. The molecule has 7 heteroatoms. The molecule has 1 aliphatic rings. The number of hydrogen-bond donors (Lipinski definition) is 0. The normalized spacial score (nSPS) is 14.8. The Bertz CT molecular complexity index is 1120. The number of anilines is 1. The second kappa shape index (κ2) is 6.51. The molecular weight excluding hydrogens is 342 g/mol. The van der Waals surface area contributed by atoms with Gasteiger partial charge in [-0.3, -0.25) is 4.40 Å². The van der Waals surface area contributed by atoms with Crippen molar-refractivity contribution in [1.82, 2.24) is 19.6 Å². The van der Waals surface area contributed by atoms with Gasteiger partial charge in [-0.2, -0.15) is 0 Å². The van der Waals surface area contributed by atoms with Crippen molar-refractivity contribution in [2.24, 2.45) is 0 Å². The summed E-state index contributed by atoms with van der Waals surface area (Å²) in [5.41, 5.74) is 3.63. The van der Waals surface area contributed by atoms with Gasteiger partial charge in [0, 0.05) is 30.7 Å². The topological polar surface area (TPSA) is 64.8 Å². The standard InChI is InChI=1S/C20H19N5O2/c1-26-15-7-8-25-18(13-15)22-23-20(25)16-6-5-14-3-2-4-17(19(14)21-16)24-9-11-27-12-10-24/h2-8,13H,9-12H2,1H3. The molecule has 1 saturated heterocycles. The lowest BCUT2D eigenvalue weighted by Gasteiger charge is -2.29. The molecule has 0 amide bonds. The maximum atomic E-state index is 5.49. The van der Waals surface area contributed by atoms with Crippen molar-refractivity contribution in [2.75, 3.05) is 38.3 Å². The first-order valence-corrected chi connectivity index (χ1v) is 8.95. The van der Waals surface area contributed by atoms with Gasteiger partial charge in [0.05, 0.1) is 31.5 Å². The van der Waals surface area contributed by atoms with Crippen molar-refractivity contribution in [3.8, 4) is 17.3 Å². The number of para-hydroxylation sites is 1. The van der Waals surface area contributed by atoms with Crippen molar-refractivity contribution < 1.29 is 9.47 Å². The van der Waals surface area contributed by atoms with E-state index in [0.717, 1.165) is 60.0 Å². The van der Waals surface area contributed by atoms with Gasteiger partial charge in [0.15, 0.2) is 11.5 Å². The number of benzene rings is 1. The molecular formula is C20H19N5O2. The minimum absolute atomic E-state index is 0.714. The van der Waals surface area contributed by atoms with Crippen LogP contribution in [-0.2, 0) is 4.74 Å².